The summed E-state index contributed by atoms with van der Waals surface area (Å²) in [4.78, 5) is 12.1. The maximum Gasteiger partial charge on any atom is 0.195 e. The van der Waals surface area contributed by atoms with Gasteiger partial charge >= 0.3 is 0 Å². The van der Waals surface area contributed by atoms with E-state index in [0.29, 0.717) is 22.3 Å². The first-order valence-corrected chi connectivity index (χ1v) is 5.88. The van der Waals surface area contributed by atoms with Crippen LogP contribution in [0.4, 0.5) is 0 Å². The van der Waals surface area contributed by atoms with E-state index in [4.69, 9.17) is 10.5 Å². The van der Waals surface area contributed by atoms with Gasteiger partial charge in [0.25, 0.3) is 0 Å². The topological polar surface area (TPSA) is 84.9 Å². The van der Waals surface area contributed by atoms with Crippen molar-refractivity contribution in [1.82, 2.24) is 0 Å². The van der Waals surface area contributed by atoms with E-state index in [2.05, 4.69) is 0 Å². The summed E-state index contributed by atoms with van der Waals surface area (Å²) in [5.74, 6) is -0.445. The molecule has 2 aromatic rings. The fourth-order valence-electron chi connectivity index (χ4n) is 1.76. The Balaban J connectivity index is 2.23. The number of hydrogen-bond donors (Lipinski definition) is 1. The molecule has 0 aliphatic rings. The van der Waals surface area contributed by atoms with Crippen LogP contribution in [0.2, 0.25) is 0 Å². The number of hydrogen-bond acceptors (Lipinski definition) is 4. The molecular weight excluding hydrogens is 252 g/mol. The largest absolute Gasteiger partial charge is 0.380 e. The summed E-state index contributed by atoms with van der Waals surface area (Å²) >= 11 is 0. The Hall–Kier alpha value is -2.95. The Bertz CT molecular complexity index is 704. The van der Waals surface area contributed by atoms with Gasteiger partial charge in [0.1, 0.15) is 6.10 Å². The lowest BCUT2D eigenvalue weighted by atomic mass is 9.98. The molecule has 1 atom stereocenters. The zero-order valence-electron chi connectivity index (χ0n) is 10.4. The van der Waals surface area contributed by atoms with Crippen LogP contribution in [0.15, 0.2) is 48.5 Å². The molecule has 2 aromatic carbocycles. The molecule has 0 radical (unpaired) electrons. The van der Waals surface area contributed by atoms with Crippen LogP contribution >= 0.6 is 0 Å². The second-order valence-corrected chi connectivity index (χ2v) is 4.19. The summed E-state index contributed by atoms with van der Waals surface area (Å²) in [7, 11) is 0. The van der Waals surface area contributed by atoms with Crippen molar-refractivity contribution in [3.63, 3.8) is 0 Å². The Morgan fingerprint density at radius 3 is 1.80 bits per heavy atom. The smallest absolute Gasteiger partial charge is 0.195 e. The zero-order chi connectivity index (χ0) is 14.5. The van der Waals surface area contributed by atoms with E-state index in [0.717, 1.165) is 0 Å². The van der Waals surface area contributed by atoms with Gasteiger partial charge in [-0.05, 0) is 42.0 Å². The highest BCUT2D eigenvalue weighted by atomic mass is 16.3. The molecule has 0 spiro atoms. The molecule has 0 saturated carbocycles. The molecule has 4 heteroatoms. The van der Waals surface area contributed by atoms with E-state index in [-0.39, 0.29) is 0 Å². The predicted octanol–water partition coefficient (Wildman–Crippen LogP) is 2.35. The summed E-state index contributed by atoms with van der Waals surface area (Å²) in [6.45, 7) is 0. The van der Waals surface area contributed by atoms with Crippen LogP contribution in [0, 0.1) is 22.7 Å². The summed E-state index contributed by atoms with van der Waals surface area (Å²) in [6.07, 6.45) is -1.28. The van der Waals surface area contributed by atoms with Crippen molar-refractivity contribution in [2.24, 2.45) is 0 Å². The number of Topliss-reactive ketones (excluding diaryl/α,β-unsaturated/α-hetero) is 1. The highest BCUT2D eigenvalue weighted by Gasteiger charge is 2.19. The van der Waals surface area contributed by atoms with Crippen molar-refractivity contribution in [3.05, 3.63) is 70.8 Å². The number of aliphatic hydroxyl groups excluding tert-OH is 1. The Kier molecular flexibility index (Phi) is 3.91. The molecule has 20 heavy (non-hydrogen) atoms. The quantitative estimate of drug-likeness (QED) is 0.860. The van der Waals surface area contributed by atoms with E-state index in [1.807, 2.05) is 12.1 Å². The van der Waals surface area contributed by atoms with Crippen molar-refractivity contribution in [3.8, 4) is 12.1 Å². The van der Waals surface area contributed by atoms with Crippen molar-refractivity contribution in [1.29, 1.82) is 10.5 Å². The number of ketones is 1. The Morgan fingerprint density at radius 2 is 1.35 bits per heavy atom. The summed E-state index contributed by atoms with van der Waals surface area (Å²) < 4.78 is 0. The summed E-state index contributed by atoms with van der Waals surface area (Å²) in [6, 6.07) is 16.2. The number of nitrogens with zero attached hydrogens (tertiary/aromatic N) is 2. The number of aliphatic hydroxyl groups is 1. The maximum absolute atomic E-state index is 12.1. The van der Waals surface area contributed by atoms with E-state index in [1.54, 1.807) is 24.3 Å². The molecule has 0 aromatic heterocycles. The lowest BCUT2D eigenvalue weighted by Gasteiger charge is -2.10. The standard InChI is InChI=1S/C16H10N2O2/c17-9-11-1-5-13(6-2-11)15(19)16(20)14-7-3-12(10-18)4-8-14/h1-8,15,19H/t15-/m1/s1. The number of carbonyl (C=O) groups excluding carboxylic acids is 1. The minimum absolute atomic E-state index is 0.334. The van der Waals surface area contributed by atoms with E-state index in [9.17, 15) is 9.90 Å². The van der Waals surface area contributed by atoms with Gasteiger partial charge in [-0.15, -0.1) is 0 Å². The molecule has 4 nitrogen and oxygen atoms in total. The van der Waals surface area contributed by atoms with Gasteiger partial charge < -0.3 is 5.11 Å². The number of nitriles is 2. The SMILES string of the molecule is N#Cc1ccc(C(=O)[C@H](O)c2ccc(C#N)cc2)cc1. The molecule has 0 fully saturated rings. The third-order valence-corrected chi connectivity index (χ3v) is 2.90. The average molecular weight is 262 g/mol. The fraction of sp³-hybridized carbons (Fsp3) is 0.0625. The number of rotatable bonds is 3. The van der Waals surface area contributed by atoms with Crippen LogP contribution in [0.3, 0.4) is 0 Å². The van der Waals surface area contributed by atoms with Gasteiger partial charge in [-0.2, -0.15) is 10.5 Å². The third-order valence-electron chi connectivity index (χ3n) is 2.90. The van der Waals surface area contributed by atoms with E-state index < -0.39 is 11.9 Å². The molecule has 0 bridgehead atoms. The molecule has 2 rings (SSSR count). The zero-order valence-corrected chi connectivity index (χ0v) is 10.4. The highest BCUT2D eigenvalue weighted by Crippen LogP contribution is 2.19. The maximum atomic E-state index is 12.1. The van der Waals surface area contributed by atoms with Gasteiger partial charge in [0, 0.05) is 5.56 Å². The van der Waals surface area contributed by atoms with Gasteiger partial charge in [0.15, 0.2) is 5.78 Å². The van der Waals surface area contributed by atoms with Crippen LogP contribution in [0.5, 0.6) is 0 Å². The molecule has 0 aliphatic heterocycles. The second kappa shape index (κ2) is 5.79. The lowest BCUT2D eigenvalue weighted by Crippen LogP contribution is -2.12. The monoisotopic (exact) mass is 262 g/mol. The van der Waals surface area contributed by atoms with Gasteiger partial charge in [-0.25, -0.2) is 0 Å². The first-order chi connectivity index (χ1) is 9.65. The van der Waals surface area contributed by atoms with Gasteiger partial charge in [-0.1, -0.05) is 12.1 Å². The molecule has 0 aliphatic carbocycles. The number of benzene rings is 2. The Labute approximate surface area is 116 Å². The normalized spacial score (nSPS) is 11.2. The predicted molar refractivity (Wildman–Crippen MR) is 71.6 cm³/mol. The lowest BCUT2D eigenvalue weighted by molar-refractivity contribution is 0.0747. The minimum atomic E-state index is -1.28. The third kappa shape index (κ3) is 2.72. The van der Waals surface area contributed by atoms with Crippen molar-refractivity contribution in [2.45, 2.75) is 6.10 Å². The molecule has 0 saturated heterocycles. The molecular formula is C16H10N2O2. The molecule has 1 N–H and O–H groups in total. The van der Waals surface area contributed by atoms with Crippen LogP contribution in [0.25, 0.3) is 0 Å². The highest BCUT2D eigenvalue weighted by molar-refractivity contribution is 5.99. The number of carbonyl (C=O) groups is 1. The molecule has 96 valence electrons. The van der Waals surface area contributed by atoms with Crippen molar-refractivity contribution < 1.29 is 9.90 Å². The molecule has 0 amide bonds. The van der Waals surface area contributed by atoms with Crippen LogP contribution in [-0.4, -0.2) is 10.9 Å². The Morgan fingerprint density at radius 1 is 0.900 bits per heavy atom. The molecule has 0 heterocycles. The van der Waals surface area contributed by atoms with Crippen LogP contribution in [-0.2, 0) is 0 Å². The van der Waals surface area contributed by atoms with Crippen LogP contribution < -0.4 is 0 Å². The fourth-order valence-corrected chi connectivity index (χ4v) is 1.76. The molecule has 0 unspecified atom stereocenters. The van der Waals surface area contributed by atoms with E-state index >= 15 is 0 Å². The van der Waals surface area contributed by atoms with Gasteiger partial charge in [-0.3, -0.25) is 4.79 Å². The first kappa shape index (κ1) is 13.5. The first-order valence-electron chi connectivity index (χ1n) is 5.88. The van der Waals surface area contributed by atoms with E-state index in [1.165, 1.54) is 24.3 Å². The summed E-state index contributed by atoms with van der Waals surface area (Å²) in [5, 5.41) is 27.4. The van der Waals surface area contributed by atoms with Crippen molar-refractivity contribution in [2.75, 3.05) is 0 Å². The van der Waals surface area contributed by atoms with Crippen LogP contribution in [0.1, 0.15) is 33.2 Å². The average Bonchev–Trinajstić information content (AvgIpc) is 2.53. The van der Waals surface area contributed by atoms with Gasteiger partial charge in [0.05, 0.1) is 23.3 Å². The van der Waals surface area contributed by atoms with Gasteiger partial charge in [0.2, 0.25) is 0 Å². The summed E-state index contributed by atoms with van der Waals surface area (Å²) in [5.41, 5.74) is 1.68. The van der Waals surface area contributed by atoms with Crippen molar-refractivity contribution >= 4 is 5.78 Å². The second-order valence-electron chi connectivity index (χ2n) is 4.19. The minimum Gasteiger partial charge on any atom is -0.380 e.